The van der Waals surface area contributed by atoms with E-state index >= 15 is 0 Å². The Labute approximate surface area is 355 Å². The topological polar surface area (TPSA) is 16.4 Å². The molecule has 2 heterocycles. The van der Waals surface area contributed by atoms with Crippen LogP contribution in [0.2, 0.25) is 0 Å². The third-order valence-electron chi connectivity index (χ3n) is 12.6. The molecule has 0 bridgehead atoms. The van der Waals surface area contributed by atoms with Crippen LogP contribution in [-0.2, 0) is 0 Å². The van der Waals surface area contributed by atoms with Gasteiger partial charge in [0.15, 0.2) is 0 Å². The van der Waals surface area contributed by atoms with Gasteiger partial charge in [-0.05, 0) is 126 Å². The zero-order valence-corrected chi connectivity index (χ0v) is 33.8. The number of nitrogens with zero attached hydrogens (tertiary/aromatic N) is 1. The van der Waals surface area contributed by atoms with E-state index in [0.717, 1.165) is 50.1 Å². The van der Waals surface area contributed by atoms with Crippen LogP contribution >= 0.6 is 11.3 Å². The number of furan rings is 1. The van der Waals surface area contributed by atoms with E-state index in [1.165, 1.54) is 74.4 Å². The van der Waals surface area contributed by atoms with Crippen molar-refractivity contribution in [1.29, 1.82) is 0 Å². The van der Waals surface area contributed by atoms with Crippen LogP contribution in [0.25, 0.3) is 107 Å². The standard InChI is InChI=1S/C58H35NOS/c1-2-14-44-36(11-1)23-24-38-25-26-40-34-51(46-15-3-4-17-49(46)57(40)56(38)44)37-27-29-41(30-28-37)59(43-31-32-48-47-16-6-8-22-54(47)61-55(48)35-43)42-13-9-12-39(33-42)45-19-10-21-53-58(45)50-18-5-7-20-52(50)60-53/h1-35H. The van der Waals surface area contributed by atoms with Crippen molar-refractivity contribution >= 4 is 114 Å². The lowest BCUT2D eigenvalue weighted by molar-refractivity contribution is 0.669. The fourth-order valence-corrected chi connectivity index (χ4v) is 11.0. The summed E-state index contributed by atoms with van der Waals surface area (Å²) < 4.78 is 8.90. The van der Waals surface area contributed by atoms with E-state index in [1.807, 2.05) is 17.4 Å². The second kappa shape index (κ2) is 13.4. The zero-order chi connectivity index (χ0) is 40.0. The van der Waals surface area contributed by atoms with E-state index in [4.69, 9.17) is 4.42 Å². The summed E-state index contributed by atoms with van der Waals surface area (Å²) in [6.45, 7) is 0. The van der Waals surface area contributed by atoms with Crippen molar-refractivity contribution in [2.75, 3.05) is 4.90 Å². The second-order valence-corrected chi connectivity index (χ2v) is 17.1. The number of fused-ring (bicyclic) bond motifs is 13. The number of benzene rings is 11. The van der Waals surface area contributed by atoms with Crippen molar-refractivity contribution < 1.29 is 4.42 Å². The number of para-hydroxylation sites is 1. The average molecular weight is 794 g/mol. The molecule has 0 N–H and O–H groups in total. The van der Waals surface area contributed by atoms with Crippen molar-refractivity contribution in [3.05, 3.63) is 212 Å². The van der Waals surface area contributed by atoms with Crippen LogP contribution in [0.5, 0.6) is 0 Å². The van der Waals surface area contributed by atoms with Gasteiger partial charge in [-0.15, -0.1) is 11.3 Å². The lowest BCUT2D eigenvalue weighted by Gasteiger charge is -2.26. The Hall–Kier alpha value is -7.72. The van der Waals surface area contributed by atoms with Crippen molar-refractivity contribution in [2.45, 2.75) is 0 Å². The third-order valence-corrected chi connectivity index (χ3v) is 13.7. The van der Waals surface area contributed by atoms with Crippen molar-refractivity contribution in [1.82, 2.24) is 0 Å². The Bertz CT molecular complexity index is 3890. The molecule has 0 aliphatic carbocycles. The lowest BCUT2D eigenvalue weighted by Crippen LogP contribution is -2.10. The fourth-order valence-electron chi connectivity index (χ4n) is 9.85. The number of rotatable bonds is 5. The average Bonchev–Trinajstić information content (AvgIpc) is 3.90. The molecule has 13 rings (SSSR count). The van der Waals surface area contributed by atoms with E-state index < -0.39 is 0 Å². The molecule has 0 saturated carbocycles. The smallest absolute Gasteiger partial charge is 0.136 e. The Morgan fingerprint density at radius 3 is 1.84 bits per heavy atom. The van der Waals surface area contributed by atoms with Crippen LogP contribution in [0.1, 0.15) is 0 Å². The number of hydrogen-bond donors (Lipinski definition) is 0. The van der Waals surface area contributed by atoms with Crippen molar-refractivity contribution in [3.8, 4) is 22.3 Å². The van der Waals surface area contributed by atoms with Crippen LogP contribution in [0.3, 0.4) is 0 Å². The van der Waals surface area contributed by atoms with Gasteiger partial charge in [-0.3, -0.25) is 0 Å². The first-order valence-electron chi connectivity index (χ1n) is 20.8. The molecule has 0 aliphatic rings. The maximum atomic E-state index is 6.32. The van der Waals surface area contributed by atoms with Gasteiger partial charge in [0.25, 0.3) is 0 Å². The second-order valence-electron chi connectivity index (χ2n) is 16.0. The van der Waals surface area contributed by atoms with Gasteiger partial charge in [-0.1, -0.05) is 152 Å². The van der Waals surface area contributed by atoms with E-state index in [0.29, 0.717) is 0 Å². The molecule has 0 fully saturated rings. The Morgan fingerprint density at radius 2 is 0.951 bits per heavy atom. The lowest BCUT2D eigenvalue weighted by atomic mass is 9.89. The Kier molecular flexibility index (Phi) is 7.51. The molecule has 13 aromatic rings. The molecule has 0 amide bonds. The molecule has 0 spiro atoms. The van der Waals surface area contributed by atoms with Gasteiger partial charge in [0.2, 0.25) is 0 Å². The van der Waals surface area contributed by atoms with E-state index in [1.54, 1.807) is 0 Å². The summed E-state index contributed by atoms with van der Waals surface area (Å²) in [6, 6.07) is 77.6. The van der Waals surface area contributed by atoms with Gasteiger partial charge in [0, 0.05) is 48.0 Å². The minimum absolute atomic E-state index is 0.898. The highest BCUT2D eigenvalue weighted by atomic mass is 32.1. The SMILES string of the molecule is c1cc(-c2cccc3oc4ccccc4c23)cc(N(c2ccc(-c3cc4ccc5ccc6ccccc6c5c4c4ccccc34)cc2)c2ccc3c(c2)sc2ccccc23)c1. The van der Waals surface area contributed by atoms with Gasteiger partial charge in [0.05, 0.1) is 0 Å². The maximum Gasteiger partial charge on any atom is 0.136 e. The molecule has 0 atom stereocenters. The van der Waals surface area contributed by atoms with Gasteiger partial charge >= 0.3 is 0 Å². The van der Waals surface area contributed by atoms with Crippen LogP contribution < -0.4 is 4.90 Å². The summed E-state index contributed by atoms with van der Waals surface area (Å²) in [5, 5.41) is 15.1. The predicted octanol–water partition coefficient (Wildman–Crippen LogP) is 17.4. The first-order chi connectivity index (χ1) is 30.2. The molecule has 0 unspecified atom stereocenters. The Morgan fingerprint density at radius 1 is 0.311 bits per heavy atom. The zero-order valence-electron chi connectivity index (χ0n) is 33.0. The highest BCUT2D eigenvalue weighted by Gasteiger charge is 2.19. The summed E-state index contributed by atoms with van der Waals surface area (Å²) in [6.07, 6.45) is 0. The predicted molar refractivity (Wildman–Crippen MR) is 262 cm³/mol. The number of anilines is 3. The minimum Gasteiger partial charge on any atom is -0.456 e. The van der Waals surface area contributed by atoms with Crippen LogP contribution in [0, 0.1) is 0 Å². The first-order valence-corrected chi connectivity index (χ1v) is 21.6. The minimum atomic E-state index is 0.898. The van der Waals surface area contributed by atoms with Crippen molar-refractivity contribution in [3.63, 3.8) is 0 Å². The summed E-state index contributed by atoms with van der Waals surface area (Å²) in [7, 11) is 0. The molecule has 284 valence electrons. The summed E-state index contributed by atoms with van der Waals surface area (Å²) >= 11 is 1.85. The van der Waals surface area contributed by atoms with Crippen molar-refractivity contribution in [2.24, 2.45) is 0 Å². The normalized spacial score (nSPS) is 11.9. The third kappa shape index (κ3) is 5.34. The quantitative estimate of drug-likeness (QED) is 0.161. The summed E-state index contributed by atoms with van der Waals surface area (Å²) in [5.41, 5.74) is 9.82. The fraction of sp³-hybridized carbons (Fsp3) is 0. The van der Waals surface area contributed by atoms with Gasteiger partial charge in [-0.25, -0.2) is 0 Å². The van der Waals surface area contributed by atoms with Crippen LogP contribution in [-0.4, -0.2) is 0 Å². The van der Waals surface area contributed by atoms with Gasteiger partial charge < -0.3 is 9.32 Å². The molecule has 0 saturated heterocycles. The van der Waals surface area contributed by atoms with Crippen LogP contribution in [0.15, 0.2) is 217 Å². The van der Waals surface area contributed by atoms with E-state index in [9.17, 15) is 0 Å². The molecule has 0 aliphatic heterocycles. The molecule has 61 heavy (non-hydrogen) atoms. The molecule has 3 heteroatoms. The molecular formula is C58H35NOS. The van der Waals surface area contributed by atoms with E-state index in [-0.39, 0.29) is 0 Å². The van der Waals surface area contributed by atoms with Crippen LogP contribution in [0.4, 0.5) is 17.1 Å². The first kappa shape index (κ1) is 34.2. The number of hydrogen-bond acceptors (Lipinski definition) is 3. The maximum absolute atomic E-state index is 6.32. The summed E-state index contributed by atoms with van der Waals surface area (Å²) in [5.74, 6) is 0. The highest BCUT2D eigenvalue weighted by molar-refractivity contribution is 7.25. The highest BCUT2D eigenvalue weighted by Crippen LogP contribution is 2.45. The van der Waals surface area contributed by atoms with Gasteiger partial charge in [0.1, 0.15) is 11.2 Å². The molecule has 0 radical (unpaired) electrons. The largest absolute Gasteiger partial charge is 0.456 e. The molecule has 2 aromatic heterocycles. The number of thiophene rings is 1. The molecule has 2 nitrogen and oxygen atoms in total. The van der Waals surface area contributed by atoms with E-state index in [2.05, 4.69) is 211 Å². The Balaban J connectivity index is 0.984. The molecule has 11 aromatic carbocycles. The summed E-state index contributed by atoms with van der Waals surface area (Å²) in [4.78, 5) is 2.40. The molecular weight excluding hydrogens is 759 g/mol. The monoisotopic (exact) mass is 793 g/mol. The van der Waals surface area contributed by atoms with Gasteiger partial charge in [-0.2, -0.15) is 0 Å².